The lowest BCUT2D eigenvalue weighted by Gasteiger charge is -2.23. The Labute approximate surface area is 110 Å². The van der Waals surface area contributed by atoms with Gasteiger partial charge in [0.2, 0.25) is 5.91 Å². The second kappa shape index (κ2) is 6.77. The quantitative estimate of drug-likeness (QED) is 0.793. The van der Waals surface area contributed by atoms with E-state index in [1.54, 1.807) is 11.3 Å². The van der Waals surface area contributed by atoms with Crippen LogP contribution in [0.3, 0.4) is 0 Å². The minimum atomic E-state index is 0.0197. The number of amides is 1. The molecule has 0 aromatic carbocycles. The minimum absolute atomic E-state index is 0.0197. The summed E-state index contributed by atoms with van der Waals surface area (Å²) in [6.07, 6.45) is 1.33. The lowest BCUT2D eigenvalue weighted by molar-refractivity contribution is -0.122. The van der Waals surface area contributed by atoms with Crippen molar-refractivity contribution in [3.8, 4) is 0 Å². The highest BCUT2D eigenvalue weighted by Crippen LogP contribution is 2.09. The predicted octanol–water partition coefficient (Wildman–Crippen LogP) is 0.0952. The Hall–Kier alpha value is -1.05. The second-order valence-corrected chi connectivity index (χ2v) is 5.30. The molecular weight excluding hydrogens is 252 g/mol. The number of aromatic nitrogens is 2. The molecule has 0 aliphatic carbocycles. The van der Waals surface area contributed by atoms with Gasteiger partial charge in [0, 0.05) is 19.0 Å². The highest BCUT2D eigenvalue weighted by molar-refractivity contribution is 7.11. The van der Waals surface area contributed by atoms with E-state index in [2.05, 4.69) is 20.8 Å². The highest BCUT2D eigenvalue weighted by Gasteiger charge is 2.16. The Morgan fingerprint density at radius 3 is 3.06 bits per heavy atom. The largest absolute Gasteiger partial charge is 0.378 e. The van der Waals surface area contributed by atoms with Gasteiger partial charge in [0.1, 0.15) is 10.0 Å². The molecule has 0 bridgehead atoms. The van der Waals surface area contributed by atoms with Crippen molar-refractivity contribution in [2.24, 2.45) is 0 Å². The molecule has 0 saturated carbocycles. The van der Waals surface area contributed by atoms with E-state index in [1.807, 2.05) is 6.92 Å². The van der Waals surface area contributed by atoms with E-state index in [0.717, 1.165) is 29.6 Å². The predicted molar refractivity (Wildman–Crippen MR) is 68.4 cm³/mol. The summed E-state index contributed by atoms with van der Waals surface area (Å²) in [4.78, 5) is 11.7. The Bertz CT molecular complexity index is 390. The number of carbonyl (C=O) groups is 1. The van der Waals surface area contributed by atoms with Gasteiger partial charge in [0.15, 0.2) is 0 Å². The van der Waals surface area contributed by atoms with Crippen LogP contribution < -0.4 is 10.6 Å². The van der Waals surface area contributed by atoms with Crippen LogP contribution in [0.25, 0.3) is 0 Å². The van der Waals surface area contributed by atoms with Crippen molar-refractivity contribution in [2.45, 2.75) is 32.4 Å². The van der Waals surface area contributed by atoms with Crippen LogP contribution in [0.15, 0.2) is 0 Å². The molecule has 1 atom stereocenters. The molecule has 18 heavy (non-hydrogen) atoms. The topological polar surface area (TPSA) is 76.1 Å². The SMILES string of the molecule is CCc1nnc(CNC(=O)C[C@@H]2COCCN2)s1. The second-order valence-electron chi connectivity index (χ2n) is 4.15. The fourth-order valence-corrected chi connectivity index (χ4v) is 2.45. The third-order valence-corrected chi connectivity index (χ3v) is 3.75. The summed E-state index contributed by atoms with van der Waals surface area (Å²) in [5.74, 6) is 0.0197. The molecule has 1 amide bonds. The monoisotopic (exact) mass is 270 g/mol. The molecule has 1 saturated heterocycles. The third kappa shape index (κ3) is 4.01. The molecule has 6 nitrogen and oxygen atoms in total. The van der Waals surface area contributed by atoms with Crippen molar-refractivity contribution in [1.82, 2.24) is 20.8 Å². The first-order valence-electron chi connectivity index (χ1n) is 6.17. The molecule has 2 rings (SSSR count). The number of morpholine rings is 1. The van der Waals surface area contributed by atoms with Crippen LogP contribution in [0.5, 0.6) is 0 Å². The van der Waals surface area contributed by atoms with E-state index in [-0.39, 0.29) is 11.9 Å². The molecule has 1 aromatic rings. The maximum absolute atomic E-state index is 11.7. The molecule has 1 aromatic heterocycles. The molecule has 0 spiro atoms. The normalized spacial score (nSPS) is 19.7. The summed E-state index contributed by atoms with van der Waals surface area (Å²) in [6.45, 7) is 4.64. The van der Waals surface area contributed by atoms with Gasteiger partial charge in [-0.1, -0.05) is 18.3 Å². The van der Waals surface area contributed by atoms with Crippen molar-refractivity contribution < 1.29 is 9.53 Å². The molecule has 1 fully saturated rings. The van der Waals surface area contributed by atoms with E-state index in [1.165, 1.54) is 0 Å². The number of rotatable bonds is 5. The summed E-state index contributed by atoms with van der Waals surface area (Å²) in [7, 11) is 0. The van der Waals surface area contributed by atoms with Crippen LogP contribution in [0.1, 0.15) is 23.4 Å². The number of nitrogens with zero attached hydrogens (tertiary/aromatic N) is 2. The fraction of sp³-hybridized carbons (Fsp3) is 0.727. The van der Waals surface area contributed by atoms with E-state index < -0.39 is 0 Å². The molecule has 0 radical (unpaired) electrons. The van der Waals surface area contributed by atoms with Crippen LogP contribution in [0, 0.1) is 0 Å². The maximum Gasteiger partial charge on any atom is 0.222 e. The lowest BCUT2D eigenvalue weighted by atomic mass is 10.2. The van der Waals surface area contributed by atoms with Crippen LogP contribution >= 0.6 is 11.3 Å². The Kier molecular flexibility index (Phi) is 5.03. The van der Waals surface area contributed by atoms with Crippen molar-refractivity contribution in [3.63, 3.8) is 0 Å². The van der Waals surface area contributed by atoms with Gasteiger partial charge in [-0.3, -0.25) is 4.79 Å². The van der Waals surface area contributed by atoms with Gasteiger partial charge in [-0.05, 0) is 6.42 Å². The summed E-state index contributed by atoms with van der Waals surface area (Å²) < 4.78 is 5.30. The zero-order valence-corrected chi connectivity index (χ0v) is 11.3. The standard InChI is InChI=1S/C11H18N4O2S/c1-2-10-14-15-11(18-10)6-13-9(16)5-8-7-17-4-3-12-8/h8,12H,2-7H2,1H3,(H,13,16)/t8-/m1/s1. The first-order valence-corrected chi connectivity index (χ1v) is 6.98. The zero-order chi connectivity index (χ0) is 12.8. The summed E-state index contributed by atoms with van der Waals surface area (Å²) >= 11 is 1.54. The first kappa shape index (κ1) is 13.4. The van der Waals surface area contributed by atoms with Crippen LogP contribution in [0.4, 0.5) is 0 Å². The molecule has 1 aliphatic heterocycles. The molecule has 2 N–H and O–H groups in total. The fourth-order valence-electron chi connectivity index (χ4n) is 1.72. The van der Waals surface area contributed by atoms with E-state index in [9.17, 15) is 4.79 Å². The minimum Gasteiger partial charge on any atom is -0.378 e. The third-order valence-electron chi connectivity index (χ3n) is 2.68. The van der Waals surface area contributed by atoms with Gasteiger partial charge in [-0.2, -0.15) is 0 Å². The van der Waals surface area contributed by atoms with E-state index >= 15 is 0 Å². The number of carbonyl (C=O) groups excluding carboxylic acids is 1. The van der Waals surface area contributed by atoms with Crippen molar-refractivity contribution in [3.05, 3.63) is 10.0 Å². The van der Waals surface area contributed by atoms with Gasteiger partial charge in [-0.25, -0.2) is 0 Å². The van der Waals surface area contributed by atoms with Crippen LogP contribution in [0.2, 0.25) is 0 Å². The van der Waals surface area contributed by atoms with Crippen molar-refractivity contribution in [1.29, 1.82) is 0 Å². The smallest absolute Gasteiger partial charge is 0.222 e. The van der Waals surface area contributed by atoms with Crippen molar-refractivity contribution >= 4 is 17.2 Å². The Morgan fingerprint density at radius 2 is 2.39 bits per heavy atom. The molecule has 0 unspecified atom stereocenters. The number of hydrogen-bond acceptors (Lipinski definition) is 6. The summed E-state index contributed by atoms with van der Waals surface area (Å²) in [6, 6.07) is 0.124. The average molecular weight is 270 g/mol. The van der Waals surface area contributed by atoms with Gasteiger partial charge >= 0.3 is 0 Å². The number of hydrogen-bond donors (Lipinski definition) is 2. The van der Waals surface area contributed by atoms with E-state index in [4.69, 9.17) is 4.74 Å². The van der Waals surface area contributed by atoms with Gasteiger partial charge in [-0.15, -0.1) is 10.2 Å². The zero-order valence-electron chi connectivity index (χ0n) is 10.4. The number of nitrogens with one attached hydrogen (secondary N) is 2. The van der Waals surface area contributed by atoms with Gasteiger partial charge in [0.25, 0.3) is 0 Å². The Morgan fingerprint density at radius 1 is 1.56 bits per heavy atom. The van der Waals surface area contributed by atoms with Crippen LogP contribution in [-0.2, 0) is 22.5 Å². The maximum atomic E-state index is 11.7. The molecule has 1 aliphatic rings. The molecule has 2 heterocycles. The van der Waals surface area contributed by atoms with Gasteiger partial charge in [0.05, 0.1) is 19.8 Å². The molecular formula is C11H18N4O2S. The van der Waals surface area contributed by atoms with Gasteiger partial charge < -0.3 is 15.4 Å². The van der Waals surface area contributed by atoms with Crippen molar-refractivity contribution in [2.75, 3.05) is 19.8 Å². The first-order chi connectivity index (χ1) is 8.78. The highest BCUT2D eigenvalue weighted by atomic mass is 32.1. The average Bonchev–Trinajstić information content (AvgIpc) is 2.85. The van der Waals surface area contributed by atoms with Crippen LogP contribution in [-0.4, -0.2) is 41.9 Å². The molecule has 7 heteroatoms. The Balaban J connectivity index is 1.70. The summed E-state index contributed by atoms with van der Waals surface area (Å²) in [5, 5.41) is 16.0. The lowest BCUT2D eigenvalue weighted by Crippen LogP contribution is -2.44. The molecule has 100 valence electrons. The van der Waals surface area contributed by atoms with E-state index in [0.29, 0.717) is 19.6 Å². The summed E-state index contributed by atoms with van der Waals surface area (Å²) in [5.41, 5.74) is 0. The number of ether oxygens (including phenoxy) is 1. The number of aryl methyl sites for hydroxylation is 1.